The van der Waals surface area contributed by atoms with E-state index >= 15 is 0 Å². The number of morpholine rings is 1. The molecule has 0 atom stereocenters. The van der Waals surface area contributed by atoms with Crippen molar-refractivity contribution in [1.82, 2.24) is 10.2 Å². The van der Waals surface area contributed by atoms with Crippen molar-refractivity contribution in [3.05, 3.63) is 33.9 Å². The summed E-state index contributed by atoms with van der Waals surface area (Å²) in [6.07, 6.45) is 4.70. The van der Waals surface area contributed by atoms with E-state index in [4.69, 9.17) is 4.74 Å². The maximum atomic E-state index is 12.7. The van der Waals surface area contributed by atoms with Crippen LogP contribution in [0.5, 0.6) is 0 Å². The molecule has 2 aliphatic heterocycles. The zero-order valence-electron chi connectivity index (χ0n) is 15.7. The highest BCUT2D eigenvalue weighted by atomic mass is 16.6. The van der Waals surface area contributed by atoms with Gasteiger partial charge in [-0.15, -0.1) is 0 Å². The van der Waals surface area contributed by atoms with Crippen LogP contribution in [-0.2, 0) is 4.74 Å². The SMILES string of the molecule is O=C(NCCCN1CCCCC1)c1cc([N+](=O)[O-])ccc1N1CCOCC1. The van der Waals surface area contributed by atoms with Gasteiger partial charge >= 0.3 is 0 Å². The van der Waals surface area contributed by atoms with Crippen molar-refractivity contribution >= 4 is 17.3 Å². The predicted molar refractivity (Wildman–Crippen MR) is 103 cm³/mol. The van der Waals surface area contributed by atoms with Crippen LogP contribution in [0, 0.1) is 10.1 Å². The van der Waals surface area contributed by atoms with Crippen molar-refractivity contribution in [3.63, 3.8) is 0 Å². The molecule has 0 bridgehead atoms. The van der Waals surface area contributed by atoms with Crippen molar-refractivity contribution in [2.75, 3.05) is 57.4 Å². The number of nitro benzene ring substituents is 1. The number of carbonyl (C=O) groups is 1. The number of hydrogen-bond acceptors (Lipinski definition) is 6. The summed E-state index contributed by atoms with van der Waals surface area (Å²) in [6, 6.07) is 4.51. The molecule has 0 radical (unpaired) electrons. The van der Waals surface area contributed by atoms with E-state index in [2.05, 4.69) is 15.1 Å². The normalized spacial score (nSPS) is 18.3. The van der Waals surface area contributed by atoms with E-state index < -0.39 is 4.92 Å². The first-order chi connectivity index (χ1) is 13.1. The standard InChI is InChI=1S/C19H28N4O4/c24-19(20-7-4-10-21-8-2-1-3-9-21)17-15-16(23(25)26)5-6-18(17)22-11-13-27-14-12-22/h5-6,15H,1-4,7-14H2,(H,20,24). The quantitative estimate of drug-likeness (QED) is 0.445. The van der Waals surface area contributed by atoms with E-state index in [9.17, 15) is 14.9 Å². The molecule has 0 aliphatic carbocycles. The summed E-state index contributed by atoms with van der Waals surface area (Å²) in [6.45, 7) is 6.36. The van der Waals surface area contributed by atoms with Gasteiger partial charge in [-0.25, -0.2) is 0 Å². The number of rotatable bonds is 7. The van der Waals surface area contributed by atoms with E-state index in [1.54, 1.807) is 6.07 Å². The minimum absolute atomic E-state index is 0.0644. The summed E-state index contributed by atoms with van der Waals surface area (Å²) >= 11 is 0. The molecule has 27 heavy (non-hydrogen) atoms. The molecule has 2 aliphatic rings. The third kappa shape index (κ3) is 5.40. The smallest absolute Gasteiger partial charge is 0.270 e. The molecule has 3 rings (SSSR count). The highest BCUT2D eigenvalue weighted by molar-refractivity contribution is 6.00. The lowest BCUT2D eigenvalue weighted by Crippen LogP contribution is -2.38. The highest BCUT2D eigenvalue weighted by Gasteiger charge is 2.22. The Morgan fingerprint density at radius 2 is 1.89 bits per heavy atom. The molecular weight excluding hydrogens is 348 g/mol. The number of hydrogen-bond donors (Lipinski definition) is 1. The molecule has 1 N–H and O–H groups in total. The number of nitrogens with zero attached hydrogens (tertiary/aromatic N) is 3. The zero-order chi connectivity index (χ0) is 19.1. The van der Waals surface area contributed by atoms with E-state index in [1.807, 2.05) is 0 Å². The lowest BCUT2D eigenvalue weighted by atomic mass is 10.1. The first kappa shape index (κ1) is 19.6. The molecule has 8 nitrogen and oxygen atoms in total. The molecule has 2 fully saturated rings. The van der Waals surface area contributed by atoms with Gasteiger partial charge < -0.3 is 19.9 Å². The fourth-order valence-electron chi connectivity index (χ4n) is 3.68. The average molecular weight is 376 g/mol. The van der Waals surface area contributed by atoms with Gasteiger partial charge in [0.05, 0.1) is 29.4 Å². The van der Waals surface area contributed by atoms with Gasteiger partial charge in [-0.05, 0) is 45.0 Å². The van der Waals surface area contributed by atoms with Crippen LogP contribution in [0.15, 0.2) is 18.2 Å². The molecule has 8 heteroatoms. The van der Waals surface area contributed by atoms with Crippen molar-refractivity contribution in [2.45, 2.75) is 25.7 Å². The molecule has 0 saturated carbocycles. The van der Waals surface area contributed by atoms with Gasteiger partial charge in [0.25, 0.3) is 11.6 Å². The number of nitrogens with one attached hydrogen (secondary N) is 1. The second kappa shape index (κ2) is 9.66. The summed E-state index contributed by atoms with van der Waals surface area (Å²) in [5.74, 6) is -0.251. The van der Waals surface area contributed by atoms with Crippen molar-refractivity contribution in [3.8, 4) is 0 Å². The van der Waals surface area contributed by atoms with Crippen LogP contribution >= 0.6 is 0 Å². The number of likely N-dealkylation sites (tertiary alicyclic amines) is 1. The first-order valence-electron chi connectivity index (χ1n) is 9.77. The van der Waals surface area contributed by atoms with Crippen LogP contribution in [0.25, 0.3) is 0 Å². The number of non-ortho nitro benzene ring substituents is 1. The van der Waals surface area contributed by atoms with Crippen molar-refractivity contribution in [2.24, 2.45) is 0 Å². The molecule has 2 saturated heterocycles. The maximum absolute atomic E-state index is 12.7. The minimum Gasteiger partial charge on any atom is -0.378 e. The number of piperidine rings is 1. The Kier molecular flexibility index (Phi) is 7.00. The Morgan fingerprint density at radius 1 is 1.15 bits per heavy atom. The van der Waals surface area contributed by atoms with Crippen LogP contribution in [-0.4, -0.2) is 68.2 Å². The predicted octanol–water partition coefficient (Wildman–Crippen LogP) is 2.04. The van der Waals surface area contributed by atoms with Crippen molar-refractivity contribution in [1.29, 1.82) is 0 Å². The molecule has 148 valence electrons. The van der Waals surface area contributed by atoms with Crippen LogP contribution in [0.2, 0.25) is 0 Å². The van der Waals surface area contributed by atoms with Crippen LogP contribution in [0.4, 0.5) is 11.4 Å². The minimum atomic E-state index is -0.462. The van der Waals surface area contributed by atoms with Gasteiger partial charge in [-0.1, -0.05) is 6.42 Å². The monoisotopic (exact) mass is 376 g/mol. The second-order valence-electron chi connectivity index (χ2n) is 7.07. The van der Waals surface area contributed by atoms with Gasteiger partial charge in [0.2, 0.25) is 0 Å². The number of benzene rings is 1. The number of nitro groups is 1. The summed E-state index contributed by atoms with van der Waals surface area (Å²) < 4.78 is 5.37. The topological polar surface area (TPSA) is 88.0 Å². The van der Waals surface area contributed by atoms with Gasteiger partial charge in [0.15, 0.2) is 0 Å². The Morgan fingerprint density at radius 3 is 2.59 bits per heavy atom. The molecule has 1 aromatic rings. The fourth-order valence-corrected chi connectivity index (χ4v) is 3.68. The third-order valence-electron chi connectivity index (χ3n) is 5.17. The Bertz CT molecular complexity index is 655. The van der Waals surface area contributed by atoms with Crippen LogP contribution in [0.1, 0.15) is 36.0 Å². The largest absolute Gasteiger partial charge is 0.378 e. The summed E-state index contributed by atoms with van der Waals surface area (Å²) in [7, 11) is 0. The van der Waals surface area contributed by atoms with E-state index in [-0.39, 0.29) is 11.6 Å². The fraction of sp³-hybridized carbons (Fsp3) is 0.632. The van der Waals surface area contributed by atoms with Gasteiger partial charge in [-0.2, -0.15) is 0 Å². The molecule has 1 amide bonds. The molecule has 1 aromatic carbocycles. The average Bonchev–Trinajstić information content (AvgIpc) is 2.72. The zero-order valence-corrected chi connectivity index (χ0v) is 15.7. The first-order valence-corrected chi connectivity index (χ1v) is 9.77. The number of anilines is 1. The molecule has 0 spiro atoms. The summed E-state index contributed by atoms with van der Waals surface area (Å²) in [5.41, 5.74) is 1.03. The summed E-state index contributed by atoms with van der Waals surface area (Å²) in [5, 5.41) is 14.1. The number of carbonyl (C=O) groups excluding carboxylic acids is 1. The van der Waals surface area contributed by atoms with Crippen molar-refractivity contribution < 1.29 is 14.5 Å². The maximum Gasteiger partial charge on any atom is 0.270 e. The number of amides is 1. The molecule has 0 aromatic heterocycles. The Hall–Kier alpha value is -2.19. The van der Waals surface area contributed by atoms with Gasteiger partial charge in [0.1, 0.15) is 0 Å². The molecular formula is C19H28N4O4. The van der Waals surface area contributed by atoms with E-state index in [1.165, 1.54) is 31.4 Å². The Balaban J connectivity index is 1.62. The van der Waals surface area contributed by atoms with E-state index in [0.717, 1.165) is 31.7 Å². The summed E-state index contributed by atoms with van der Waals surface area (Å²) in [4.78, 5) is 27.9. The molecule has 2 heterocycles. The van der Waals surface area contributed by atoms with Crippen LogP contribution < -0.4 is 10.2 Å². The Labute approximate surface area is 159 Å². The third-order valence-corrected chi connectivity index (χ3v) is 5.17. The number of ether oxygens (including phenoxy) is 1. The second-order valence-corrected chi connectivity index (χ2v) is 7.07. The molecule has 0 unspecified atom stereocenters. The lowest BCUT2D eigenvalue weighted by molar-refractivity contribution is -0.384. The van der Waals surface area contributed by atoms with Gasteiger partial charge in [-0.3, -0.25) is 14.9 Å². The highest BCUT2D eigenvalue weighted by Crippen LogP contribution is 2.26. The lowest BCUT2D eigenvalue weighted by Gasteiger charge is -2.30. The van der Waals surface area contributed by atoms with Gasteiger partial charge in [0, 0.05) is 31.8 Å². The van der Waals surface area contributed by atoms with E-state index in [0.29, 0.717) is 38.4 Å². The van der Waals surface area contributed by atoms with Crippen LogP contribution in [0.3, 0.4) is 0 Å².